The lowest BCUT2D eigenvalue weighted by Crippen LogP contribution is -2.08. The zero-order valence-electron chi connectivity index (χ0n) is 15.9. The Morgan fingerprint density at radius 3 is 2.69 bits per heavy atom. The quantitative estimate of drug-likeness (QED) is 0.588. The van der Waals surface area contributed by atoms with Crippen LogP contribution in [0, 0.1) is 6.92 Å². The number of nitrogens with zero attached hydrogens (tertiary/aromatic N) is 4. The van der Waals surface area contributed by atoms with Crippen molar-refractivity contribution in [3.63, 3.8) is 0 Å². The molecule has 0 saturated heterocycles. The van der Waals surface area contributed by atoms with Gasteiger partial charge in [0, 0.05) is 23.1 Å². The van der Waals surface area contributed by atoms with Crippen LogP contribution in [0.2, 0.25) is 0 Å². The summed E-state index contributed by atoms with van der Waals surface area (Å²) in [7, 11) is 0. The van der Waals surface area contributed by atoms with E-state index in [1.165, 1.54) is 6.07 Å². The largest absolute Gasteiger partial charge is 0.437 e. The predicted molar refractivity (Wildman–Crippen MR) is 102 cm³/mol. The van der Waals surface area contributed by atoms with Gasteiger partial charge in [0.2, 0.25) is 5.88 Å². The number of aromatic nitrogens is 4. The Balaban J connectivity index is 1.80. The second kappa shape index (κ2) is 7.35. The van der Waals surface area contributed by atoms with Crippen molar-refractivity contribution in [2.75, 3.05) is 0 Å². The number of hydrogen-bond donors (Lipinski definition) is 0. The highest BCUT2D eigenvalue weighted by Gasteiger charge is 2.32. The Bertz CT molecular complexity index is 1120. The molecular formula is C21H19F3N4O. The molecule has 8 heteroatoms. The van der Waals surface area contributed by atoms with Crippen LogP contribution in [-0.4, -0.2) is 19.8 Å². The molecule has 4 rings (SSSR count). The molecule has 1 unspecified atom stereocenters. The summed E-state index contributed by atoms with van der Waals surface area (Å²) >= 11 is 0. The van der Waals surface area contributed by atoms with Gasteiger partial charge in [0.05, 0.1) is 5.56 Å². The molecule has 2 heterocycles. The number of halogens is 3. The van der Waals surface area contributed by atoms with Crippen LogP contribution in [0.15, 0.2) is 48.6 Å². The molecule has 0 saturated carbocycles. The van der Waals surface area contributed by atoms with Gasteiger partial charge < -0.3 is 4.74 Å². The first-order valence-corrected chi connectivity index (χ1v) is 9.31. The number of allylic oxidation sites excluding steroid dienone is 4. The van der Waals surface area contributed by atoms with Crippen LogP contribution < -0.4 is 4.74 Å². The third-order valence-electron chi connectivity index (χ3n) is 4.90. The maximum absolute atomic E-state index is 13.3. The van der Waals surface area contributed by atoms with Gasteiger partial charge in [0.1, 0.15) is 5.75 Å². The number of benzene rings is 1. The van der Waals surface area contributed by atoms with E-state index in [4.69, 9.17) is 4.74 Å². The Morgan fingerprint density at radius 1 is 1.17 bits per heavy atom. The van der Waals surface area contributed by atoms with Crippen LogP contribution in [0.25, 0.3) is 5.65 Å². The van der Waals surface area contributed by atoms with Gasteiger partial charge >= 0.3 is 6.18 Å². The molecule has 0 N–H and O–H groups in total. The number of ether oxygens (including phenoxy) is 1. The number of hydrogen-bond acceptors (Lipinski definition) is 4. The van der Waals surface area contributed by atoms with Crippen molar-refractivity contribution in [2.24, 2.45) is 0 Å². The fraction of sp³-hybridized carbons (Fsp3) is 0.286. The Kier molecular flexibility index (Phi) is 4.86. The fourth-order valence-corrected chi connectivity index (χ4v) is 3.36. The number of rotatable bonds is 4. The summed E-state index contributed by atoms with van der Waals surface area (Å²) in [6.07, 6.45) is 4.62. The molecule has 0 amide bonds. The second-order valence-electron chi connectivity index (χ2n) is 6.85. The lowest BCUT2D eigenvalue weighted by molar-refractivity contribution is -0.137. The van der Waals surface area contributed by atoms with E-state index >= 15 is 0 Å². The lowest BCUT2D eigenvalue weighted by Gasteiger charge is -2.19. The van der Waals surface area contributed by atoms with E-state index in [0.717, 1.165) is 17.7 Å². The highest BCUT2D eigenvalue weighted by molar-refractivity contribution is 5.50. The van der Waals surface area contributed by atoms with Crippen LogP contribution in [0.3, 0.4) is 0 Å². The molecule has 0 aliphatic heterocycles. The molecule has 29 heavy (non-hydrogen) atoms. The standard InChI is InChI=1S/C21H19F3N4O/c1-3-14-11-19(27-28-13(2)25-26-20(14)28)29-18-12-16(21(22,23)24)9-10-17(18)15-7-5-4-6-8-15/h4-7,9-12,15H,3,8H2,1-2H3. The van der Waals surface area contributed by atoms with Crippen molar-refractivity contribution < 1.29 is 17.9 Å². The van der Waals surface area contributed by atoms with E-state index in [1.807, 2.05) is 31.2 Å². The summed E-state index contributed by atoms with van der Waals surface area (Å²) in [6.45, 7) is 3.71. The summed E-state index contributed by atoms with van der Waals surface area (Å²) in [5.74, 6) is 0.852. The van der Waals surface area contributed by atoms with Crippen molar-refractivity contribution in [3.8, 4) is 11.6 Å². The molecule has 1 atom stereocenters. The average Bonchev–Trinajstić information content (AvgIpc) is 3.08. The van der Waals surface area contributed by atoms with Gasteiger partial charge in [-0.15, -0.1) is 15.3 Å². The summed E-state index contributed by atoms with van der Waals surface area (Å²) in [5, 5.41) is 12.5. The molecule has 5 nitrogen and oxygen atoms in total. The van der Waals surface area contributed by atoms with Crippen LogP contribution in [0.1, 0.15) is 41.8 Å². The fourth-order valence-electron chi connectivity index (χ4n) is 3.36. The van der Waals surface area contributed by atoms with Gasteiger partial charge in [-0.2, -0.15) is 17.7 Å². The third kappa shape index (κ3) is 3.74. The molecular weight excluding hydrogens is 381 g/mol. The first-order valence-electron chi connectivity index (χ1n) is 9.31. The number of aryl methyl sites for hydroxylation is 2. The topological polar surface area (TPSA) is 52.3 Å². The van der Waals surface area contributed by atoms with Crippen molar-refractivity contribution in [3.05, 3.63) is 71.1 Å². The lowest BCUT2D eigenvalue weighted by atomic mass is 9.91. The van der Waals surface area contributed by atoms with Gasteiger partial charge in [-0.1, -0.05) is 37.3 Å². The average molecular weight is 400 g/mol. The number of fused-ring (bicyclic) bond motifs is 1. The van der Waals surface area contributed by atoms with Crippen molar-refractivity contribution >= 4 is 5.65 Å². The summed E-state index contributed by atoms with van der Waals surface area (Å²) in [5.41, 5.74) is 1.38. The van der Waals surface area contributed by atoms with Crippen LogP contribution >= 0.6 is 0 Å². The van der Waals surface area contributed by atoms with Gasteiger partial charge in [-0.3, -0.25) is 0 Å². The van der Waals surface area contributed by atoms with E-state index in [9.17, 15) is 13.2 Å². The highest BCUT2D eigenvalue weighted by Crippen LogP contribution is 2.39. The smallest absolute Gasteiger partial charge is 0.416 e. The van der Waals surface area contributed by atoms with E-state index < -0.39 is 11.7 Å². The first kappa shape index (κ1) is 19.2. The summed E-state index contributed by atoms with van der Waals surface area (Å²) in [4.78, 5) is 0. The zero-order valence-corrected chi connectivity index (χ0v) is 15.9. The molecule has 3 aromatic rings. The Hall–Kier alpha value is -3.16. The molecule has 1 aliphatic rings. The van der Waals surface area contributed by atoms with Gasteiger partial charge in [-0.05, 0) is 31.9 Å². The van der Waals surface area contributed by atoms with E-state index in [2.05, 4.69) is 15.3 Å². The van der Waals surface area contributed by atoms with Crippen molar-refractivity contribution in [1.29, 1.82) is 0 Å². The normalized spacial score (nSPS) is 16.5. The van der Waals surface area contributed by atoms with Gasteiger partial charge in [-0.25, -0.2) is 0 Å². The maximum atomic E-state index is 13.3. The minimum Gasteiger partial charge on any atom is -0.437 e. The number of alkyl halides is 3. The second-order valence-corrected chi connectivity index (χ2v) is 6.85. The molecule has 2 aromatic heterocycles. The van der Waals surface area contributed by atoms with Crippen LogP contribution in [0.5, 0.6) is 11.6 Å². The highest BCUT2D eigenvalue weighted by atomic mass is 19.4. The maximum Gasteiger partial charge on any atom is 0.416 e. The monoisotopic (exact) mass is 400 g/mol. The minimum absolute atomic E-state index is 0.0664. The van der Waals surface area contributed by atoms with Gasteiger partial charge in [0.15, 0.2) is 11.5 Å². The van der Waals surface area contributed by atoms with Crippen LogP contribution in [0.4, 0.5) is 13.2 Å². The Labute approximate surface area is 165 Å². The van der Waals surface area contributed by atoms with E-state index in [-0.39, 0.29) is 17.5 Å². The summed E-state index contributed by atoms with van der Waals surface area (Å²) in [6, 6.07) is 5.31. The predicted octanol–water partition coefficient (Wildman–Crippen LogP) is 5.41. The molecule has 1 aliphatic carbocycles. The van der Waals surface area contributed by atoms with E-state index in [0.29, 0.717) is 29.9 Å². The van der Waals surface area contributed by atoms with Gasteiger partial charge in [0.25, 0.3) is 0 Å². The third-order valence-corrected chi connectivity index (χ3v) is 4.90. The van der Waals surface area contributed by atoms with E-state index in [1.54, 1.807) is 17.5 Å². The summed E-state index contributed by atoms with van der Waals surface area (Å²) < 4.78 is 47.4. The molecule has 0 fully saturated rings. The first-order chi connectivity index (χ1) is 13.9. The molecule has 150 valence electrons. The van der Waals surface area contributed by atoms with Crippen molar-refractivity contribution in [2.45, 2.75) is 38.8 Å². The minimum atomic E-state index is -4.46. The molecule has 0 spiro atoms. The molecule has 0 bridgehead atoms. The Morgan fingerprint density at radius 2 is 2.00 bits per heavy atom. The SMILES string of the molecule is CCc1cc(Oc2cc(C(F)(F)F)ccc2C2C=CC=CC2)nn2c(C)nnc12. The molecule has 1 aromatic carbocycles. The van der Waals surface area contributed by atoms with Crippen LogP contribution in [-0.2, 0) is 12.6 Å². The zero-order chi connectivity index (χ0) is 20.6. The molecule has 0 radical (unpaired) electrons. The van der Waals surface area contributed by atoms with Crippen molar-refractivity contribution in [1.82, 2.24) is 19.8 Å².